The fraction of sp³-hybridized carbons (Fsp3) is 0.611. The molecule has 128 valence electrons. The van der Waals surface area contributed by atoms with Gasteiger partial charge in [0.25, 0.3) is 0 Å². The lowest BCUT2D eigenvalue weighted by Gasteiger charge is -2.36. The molecule has 0 unspecified atom stereocenters. The van der Waals surface area contributed by atoms with E-state index in [0.29, 0.717) is 18.7 Å². The molecular weight excluding hydrogens is 293 g/mol. The molecule has 5 heteroatoms. The van der Waals surface area contributed by atoms with E-state index in [0.717, 1.165) is 32.7 Å². The van der Waals surface area contributed by atoms with Crippen molar-refractivity contribution in [1.82, 2.24) is 10.2 Å². The Bertz CT molecular complexity index is 519. The summed E-state index contributed by atoms with van der Waals surface area (Å²) >= 11 is 0. The molecule has 1 aromatic rings. The Labute approximate surface area is 138 Å². The van der Waals surface area contributed by atoms with Gasteiger partial charge in [-0.05, 0) is 17.5 Å². The van der Waals surface area contributed by atoms with E-state index in [4.69, 9.17) is 0 Å². The van der Waals surface area contributed by atoms with Crippen LogP contribution >= 0.6 is 0 Å². The van der Waals surface area contributed by atoms with Gasteiger partial charge in [-0.2, -0.15) is 0 Å². The van der Waals surface area contributed by atoms with Crippen molar-refractivity contribution in [1.29, 1.82) is 0 Å². The van der Waals surface area contributed by atoms with Gasteiger partial charge in [-0.1, -0.05) is 32.9 Å². The fourth-order valence-electron chi connectivity index (χ4n) is 2.82. The molecule has 1 aliphatic heterocycles. The number of carbonyl (C=O) groups excluding carboxylic acids is 1. The second-order valence-electron chi connectivity index (χ2n) is 7.37. The number of rotatable bonds is 5. The lowest BCUT2D eigenvalue weighted by Crippen LogP contribution is -2.48. The van der Waals surface area contributed by atoms with Crippen LogP contribution in [0, 0.1) is 11.2 Å². The van der Waals surface area contributed by atoms with E-state index in [1.165, 1.54) is 6.07 Å². The smallest absolute Gasteiger partial charge is 0.220 e. The summed E-state index contributed by atoms with van der Waals surface area (Å²) in [4.78, 5) is 16.2. The van der Waals surface area contributed by atoms with Gasteiger partial charge in [0.05, 0.1) is 5.69 Å². The molecule has 1 N–H and O–H groups in total. The topological polar surface area (TPSA) is 35.6 Å². The van der Waals surface area contributed by atoms with Gasteiger partial charge < -0.3 is 10.2 Å². The largest absolute Gasteiger partial charge is 0.367 e. The predicted octanol–water partition coefficient (Wildman–Crippen LogP) is 2.50. The maximum atomic E-state index is 13.8. The molecule has 1 fully saturated rings. The van der Waals surface area contributed by atoms with Crippen LogP contribution in [-0.4, -0.2) is 50.1 Å². The quantitative estimate of drug-likeness (QED) is 0.905. The molecule has 0 bridgehead atoms. The third-order valence-corrected chi connectivity index (χ3v) is 4.01. The van der Waals surface area contributed by atoms with E-state index in [1.807, 2.05) is 12.1 Å². The number of nitrogens with zero attached hydrogens (tertiary/aromatic N) is 2. The Kier molecular flexibility index (Phi) is 5.99. The standard InChI is InChI=1S/C18H28FN3O/c1-18(2,3)14-17(23)20-8-9-21-10-12-22(13-11-21)16-7-5-4-6-15(16)19/h4-7H,8-14H2,1-3H3,(H,20,23). The first-order valence-corrected chi connectivity index (χ1v) is 8.34. The number of hydrogen-bond acceptors (Lipinski definition) is 3. The van der Waals surface area contributed by atoms with Crippen LogP contribution in [0.3, 0.4) is 0 Å². The summed E-state index contributed by atoms with van der Waals surface area (Å²) in [7, 11) is 0. The molecule has 1 aliphatic rings. The molecule has 23 heavy (non-hydrogen) atoms. The molecule has 4 nitrogen and oxygen atoms in total. The summed E-state index contributed by atoms with van der Waals surface area (Å²) in [5.74, 6) is -0.0436. The molecule has 1 saturated heterocycles. The monoisotopic (exact) mass is 321 g/mol. The highest BCUT2D eigenvalue weighted by Crippen LogP contribution is 2.20. The van der Waals surface area contributed by atoms with Gasteiger partial charge in [-0.3, -0.25) is 9.69 Å². The Morgan fingerprint density at radius 1 is 1.17 bits per heavy atom. The van der Waals surface area contributed by atoms with Gasteiger partial charge in [0, 0.05) is 45.7 Å². The van der Waals surface area contributed by atoms with Crippen LogP contribution < -0.4 is 10.2 Å². The Hall–Kier alpha value is -1.62. The molecule has 0 atom stereocenters. The summed E-state index contributed by atoms with van der Waals surface area (Å²) in [6.07, 6.45) is 0.550. The first-order valence-electron chi connectivity index (χ1n) is 8.34. The molecule has 0 spiro atoms. The number of hydrogen-bond donors (Lipinski definition) is 1. The number of benzene rings is 1. The number of para-hydroxylation sites is 1. The van der Waals surface area contributed by atoms with Crippen LogP contribution in [0.1, 0.15) is 27.2 Å². The average Bonchev–Trinajstić information content (AvgIpc) is 2.47. The highest BCUT2D eigenvalue weighted by Gasteiger charge is 2.19. The number of nitrogens with one attached hydrogen (secondary N) is 1. The van der Waals surface area contributed by atoms with Crippen molar-refractivity contribution in [3.05, 3.63) is 30.1 Å². The third-order valence-electron chi connectivity index (χ3n) is 4.01. The van der Waals surface area contributed by atoms with Gasteiger partial charge in [0.1, 0.15) is 5.82 Å². The molecule has 1 heterocycles. The average molecular weight is 321 g/mol. The Morgan fingerprint density at radius 2 is 1.83 bits per heavy atom. The molecule has 1 aromatic carbocycles. The number of carbonyl (C=O) groups is 1. The molecule has 0 aromatic heterocycles. The minimum absolute atomic E-state index is 0.0233. The van der Waals surface area contributed by atoms with Crippen molar-refractivity contribution in [2.75, 3.05) is 44.2 Å². The van der Waals surface area contributed by atoms with Crippen LogP contribution in [0.25, 0.3) is 0 Å². The summed E-state index contributed by atoms with van der Waals surface area (Å²) in [5.41, 5.74) is 0.709. The second kappa shape index (κ2) is 7.77. The maximum absolute atomic E-state index is 13.8. The van der Waals surface area contributed by atoms with Crippen molar-refractivity contribution in [2.45, 2.75) is 27.2 Å². The van der Waals surface area contributed by atoms with Crippen molar-refractivity contribution >= 4 is 11.6 Å². The predicted molar refractivity (Wildman–Crippen MR) is 92.1 cm³/mol. The van der Waals surface area contributed by atoms with E-state index in [-0.39, 0.29) is 17.1 Å². The Morgan fingerprint density at radius 3 is 2.43 bits per heavy atom. The highest BCUT2D eigenvalue weighted by atomic mass is 19.1. The van der Waals surface area contributed by atoms with Crippen molar-refractivity contribution in [2.24, 2.45) is 5.41 Å². The van der Waals surface area contributed by atoms with Crippen LogP contribution in [0.5, 0.6) is 0 Å². The fourth-order valence-corrected chi connectivity index (χ4v) is 2.82. The van der Waals surface area contributed by atoms with Gasteiger partial charge in [-0.25, -0.2) is 4.39 Å². The third kappa shape index (κ3) is 5.82. The zero-order chi connectivity index (χ0) is 16.9. The van der Waals surface area contributed by atoms with Crippen LogP contribution in [0.4, 0.5) is 10.1 Å². The molecule has 0 radical (unpaired) electrons. The van der Waals surface area contributed by atoms with Crippen LogP contribution in [0.15, 0.2) is 24.3 Å². The maximum Gasteiger partial charge on any atom is 0.220 e. The molecule has 1 amide bonds. The number of halogens is 1. The zero-order valence-corrected chi connectivity index (χ0v) is 14.4. The first kappa shape index (κ1) is 17.7. The second-order valence-corrected chi connectivity index (χ2v) is 7.37. The van der Waals surface area contributed by atoms with Gasteiger partial charge >= 0.3 is 0 Å². The lowest BCUT2D eigenvalue weighted by atomic mass is 9.92. The molecule has 2 rings (SSSR count). The summed E-state index contributed by atoms with van der Waals surface area (Å²) in [6.45, 7) is 11.1. The van der Waals surface area contributed by atoms with Gasteiger partial charge in [0.2, 0.25) is 5.91 Å². The van der Waals surface area contributed by atoms with Gasteiger partial charge in [0.15, 0.2) is 0 Å². The molecule has 0 saturated carbocycles. The SMILES string of the molecule is CC(C)(C)CC(=O)NCCN1CCN(c2ccccc2F)CC1. The normalized spacial score (nSPS) is 16.4. The van der Waals surface area contributed by atoms with E-state index < -0.39 is 0 Å². The van der Waals surface area contributed by atoms with Crippen LogP contribution in [0.2, 0.25) is 0 Å². The first-order chi connectivity index (χ1) is 10.8. The molecular formula is C18H28FN3O. The number of anilines is 1. The zero-order valence-electron chi connectivity index (χ0n) is 14.4. The molecule has 0 aliphatic carbocycles. The lowest BCUT2D eigenvalue weighted by molar-refractivity contribution is -0.122. The van der Waals surface area contributed by atoms with Crippen molar-refractivity contribution in [3.63, 3.8) is 0 Å². The van der Waals surface area contributed by atoms with E-state index in [1.54, 1.807) is 6.07 Å². The van der Waals surface area contributed by atoms with E-state index in [2.05, 4.69) is 35.9 Å². The highest BCUT2D eigenvalue weighted by molar-refractivity contribution is 5.76. The number of amides is 1. The van der Waals surface area contributed by atoms with E-state index in [9.17, 15) is 9.18 Å². The minimum atomic E-state index is -0.157. The minimum Gasteiger partial charge on any atom is -0.367 e. The summed E-state index contributed by atoms with van der Waals surface area (Å²) in [5, 5.41) is 2.98. The Balaban J connectivity index is 1.69. The van der Waals surface area contributed by atoms with Crippen LogP contribution in [-0.2, 0) is 4.79 Å². The number of piperazine rings is 1. The van der Waals surface area contributed by atoms with Crippen molar-refractivity contribution < 1.29 is 9.18 Å². The van der Waals surface area contributed by atoms with Gasteiger partial charge in [-0.15, -0.1) is 0 Å². The van der Waals surface area contributed by atoms with E-state index >= 15 is 0 Å². The van der Waals surface area contributed by atoms with Crippen molar-refractivity contribution in [3.8, 4) is 0 Å². The summed E-state index contributed by atoms with van der Waals surface area (Å²) < 4.78 is 13.8. The summed E-state index contributed by atoms with van der Waals surface area (Å²) in [6, 6.07) is 6.93.